The van der Waals surface area contributed by atoms with Crippen molar-refractivity contribution in [2.45, 2.75) is 72.3 Å². The summed E-state index contributed by atoms with van der Waals surface area (Å²) in [6.45, 7) is 9.13. The van der Waals surface area contributed by atoms with E-state index in [1.165, 1.54) is 19.3 Å². The number of rotatable bonds is 5. The molecule has 18 heavy (non-hydrogen) atoms. The predicted octanol–water partition coefficient (Wildman–Crippen LogP) is 4.54. The molecule has 1 rings (SSSR count). The number of carbonyl (C=O) groups excluding carboxylic acids is 1. The first-order valence-corrected chi connectivity index (χ1v) is 7.32. The Morgan fingerprint density at radius 2 is 2.11 bits per heavy atom. The molecule has 3 heteroatoms. The minimum atomic E-state index is -0.493. The topological polar surface area (TPSA) is 35.5 Å². The molecule has 1 fully saturated rings. The zero-order valence-corrected chi connectivity index (χ0v) is 12.3. The highest BCUT2D eigenvalue weighted by Crippen LogP contribution is 2.41. The standard InChI is InChI=1S/C15H28O3/c1-5-10-17-14(16)18-13(6-2)12-8-7-9-15(3,4)11-12/h12-13H,5-11H2,1-4H3. The first kappa shape index (κ1) is 15.3. The summed E-state index contributed by atoms with van der Waals surface area (Å²) in [5.41, 5.74) is 0.382. The van der Waals surface area contributed by atoms with Crippen molar-refractivity contribution in [3.05, 3.63) is 0 Å². The Hall–Kier alpha value is -0.730. The lowest BCUT2D eigenvalue weighted by atomic mass is 9.70. The maximum absolute atomic E-state index is 11.5. The molecule has 0 spiro atoms. The van der Waals surface area contributed by atoms with Crippen LogP contribution >= 0.6 is 0 Å². The molecule has 1 saturated carbocycles. The van der Waals surface area contributed by atoms with Gasteiger partial charge in [0.05, 0.1) is 6.61 Å². The first-order valence-electron chi connectivity index (χ1n) is 7.32. The van der Waals surface area contributed by atoms with Crippen LogP contribution in [0, 0.1) is 11.3 Å². The van der Waals surface area contributed by atoms with Gasteiger partial charge in [-0.15, -0.1) is 0 Å². The second kappa shape index (κ2) is 7.01. The van der Waals surface area contributed by atoms with E-state index in [1.54, 1.807) is 0 Å². The van der Waals surface area contributed by atoms with Crippen LogP contribution in [0.3, 0.4) is 0 Å². The van der Waals surface area contributed by atoms with Crippen LogP contribution in [0.1, 0.15) is 66.2 Å². The summed E-state index contributed by atoms with van der Waals surface area (Å²) < 4.78 is 10.5. The molecule has 0 heterocycles. The fourth-order valence-electron chi connectivity index (χ4n) is 2.93. The third-order valence-corrected chi connectivity index (χ3v) is 3.84. The molecule has 106 valence electrons. The SMILES string of the molecule is CCCOC(=O)OC(CC)C1CCCC(C)(C)C1. The van der Waals surface area contributed by atoms with Gasteiger partial charge in [-0.2, -0.15) is 0 Å². The van der Waals surface area contributed by atoms with Crippen molar-refractivity contribution in [3.8, 4) is 0 Å². The molecule has 2 atom stereocenters. The van der Waals surface area contributed by atoms with Crippen molar-refractivity contribution in [2.24, 2.45) is 11.3 Å². The van der Waals surface area contributed by atoms with Crippen LogP contribution in [0.15, 0.2) is 0 Å². The highest BCUT2D eigenvalue weighted by atomic mass is 16.7. The molecule has 0 aromatic carbocycles. The summed E-state index contributed by atoms with van der Waals surface area (Å²) in [6, 6.07) is 0. The van der Waals surface area contributed by atoms with E-state index in [0.29, 0.717) is 17.9 Å². The summed E-state index contributed by atoms with van der Waals surface area (Å²) in [6.07, 6.45) is 6.07. The van der Waals surface area contributed by atoms with Gasteiger partial charge in [-0.05, 0) is 43.4 Å². The Morgan fingerprint density at radius 1 is 1.39 bits per heavy atom. The van der Waals surface area contributed by atoms with Crippen molar-refractivity contribution in [3.63, 3.8) is 0 Å². The third kappa shape index (κ3) is 4.87. The molecule has 3 nitrogen and oxygen atoms in total. The molecule has 0 amide bonds. The molecule has 2 unspecified atom stereocenters. The smallest absolute Gasteiger partial charge is 0.434 e. The fourth-order valence-corrected chi connectivity index (χ4v) is 2.93. The number of hydrogen-bond acceptors (Lipinski definition) is 3. The van der Waals surface area contributed by atoms with Gasteiger partial charge in [-0.25, -0.2) is 4.79 Å². The minimum Gasteiger partial charge on any atom is -0.434 e. The summed E-state index contributed by atoms with van der Waals surface area (Å²) in [4.78, 5) is 11.5. The number of hydrogen-bond donors (Lipinski definition) is 0. The van der Waals surface area contributed by atoms with Gasteiger partial charge in [0.25, 0.3) is 0 Å². The molecule has 1 aliphatic rings. The van der Waals surface area contributed by atoms with E-state index < -0.39 is 6.16 Å². The average molecular weight is 256 g/mol. The molecule has 1 aliphatic carbocycles. The van der Waals surface area contributed by atoms with Gasteiger partial charge in [-0.3, -0.25) is 0 Å². The number of carbonyl (C=O) groups is 1. The molecule has 0 aliphatic heterocycles. The highest BCUT2D eigenvalue weighted by Gasteiger charge is 2.33. The maximum atomic E-state index is 11.5. The molecular formula is C15H28O3. The van der Waals surface area contributed by atoms with Crippen LogP contribution < -0.4 is 0 Å². The van der Waals surface area contributed by atoms with Crippen LogP contribution in [0.2, 0.25) is 0 Å². The molecule has 0 radical (unpaired) electrons. The van der Waals surface area contributed by atoms with E-state index in [9.17, 15) is 4.79 Å². The van der Waals surface area contributed by atoms with E-state index in [0.717, 1.165) is 19.3 Å². The van der Waals surface area contributed by atoms with Crippen molar-refractivity contribution >= 4 is 6.16 Å². The molecule has 0 aromatic heterocycles. The van der Waals surface area contributed by atoms with E-state index in [-0.39, 0.29) is 6.10 Å². The van der Waals surface area contributed by atoms with Gasteiger partial charge < -0.3 is 9.47 Å². The summed E-state index contributed by atoms with van der Waals surface area (Å²) >= 11 is 0. The summed E-state index contributed by atoms with van der Waals surface area (Å²) in [7, 11) is 0. The van der Waals surface area contributed by atoms with E-state index in [4.69, 9.17) is 9.47 Å². The van der Waals surface area contributed by atoms with E-state index >= 15 is 0 Å². The van der Waals surface area contributed by atoms with Gasteiger partial charge in [0.15, 0.2) is 0 Å². The zero-order chi connectivity index (χ0) is 13.6. The first-order chi connectivity index (χ1) is 8.48. The van der Waals surface area contributed by atoms with Gasteiger partial charge in [-0.1, -0.05) is 34.1 Å². The molecular weight excluding hydrogens is 228 g/mol. The second-order valence-corrected chi connectivity index (χ2v) is 6.18. The van der Waals surface area contributed by atoms with Crippen LogP contribution in [-0.2, 0) is 9.47 Å². The van der Waals surface area contributed by atoms with Gasteiger partial charge >= 0.3 is 6.16 Å². The lowest BCUT2D eigenvalue weighted by molar-refractivity contribution is -0.0183. The maximum Gasteiger partial charge on any atom is 0.508 e. The van der Waals surface area contributed by atoms with Crippen molar-refractivity contribution < 1.29 is 14.3 Å². The number of ether oxygens (including phenoxy) is 2. The molecule has 0 aromatic rings. The normalized spacial score (nSPS) is 24.3. The van der Waals surface area contributed by atoms with Crippen LogP contribution in [-0.4, -0.2) is 18.9 Å². The van der Waals surface area contributed by atoms with Crippen molar-refractivity contribution in [1.29, 1.82) is 0 Å². The van der Waals surface area contributed by atoms with E-state index in [1.807, 2.05) is 6.92 Å². The lowest BCUT2D eigenvalue weighted by Gasteiger charge is -2.38. The Kier molecular flexibility index (Phi) is 5.97. The Morgan fingerprint density at radius 3 is 2.67 bits per heavy atom. The highest BCUT2D eigenvalue weighted by molar-refractivity contribution is 5.60. The van der Waals surface area contributed by atoms with Crippen LogP contribution in [0.25, 0.3) is 0 Å². The van der Waals surface area contributed by atoms with E-state index in [2.05, 4.69) is 20.8 Å². The fraction of sp³-hybridized carbons (Fsp3) is 0.933. The monoisotopic (exact) mass is 256 g/mol. The largest absolute Gasteiger partial charge is 0.508 e. The molecule has 0 saturated heterocycles. The van der Waals surface area contributed by atoms with Gasteiger partial charge in [0.2, 0.25) is 0 Å². The lowest BCUT2D eigenvalue weighted by Crippen LogP contribution is -2.33. The Bertz CT molecular complexity index is 260. The summed E-state index contributed by atoms with van der Waals surface area (Å²) in [5, 5.41) is 0. The predicted molar refractivity (Wildman–Crippen MR) is 72.5 cm³/mol. The van der Waals surface area contributed by atoms with Crippen LogP contribution in [0.5, 0.6) is 0 Å². The second-order valence-electron chi connectivity index (χ2n) is 6.18. The van der Waals surface area contributed by atoms with Crippen LogP contribution in [0.4, 0.5) is 4.79 Å². The van der Waals surface area contributed by atoms with Gasteiger partial charge in [0.1, 0.15) is 6.10 Å². The van der Waals surface area contributed by atoms with Crippen molar-refractivity contribution in [1.82, 2.24) is 0 Å². The molecule has 0 N–H and O–H groups in total. The zero-order valence-electron chi connectivity index (χ0n) is 12.3. The Balaban J connectivity index is 2.47. The third-order valence-electron chi connectivity index (χ3n) is 3.84. The molecule has 0 bridgehead atoms. The quantitative estimate of drug-likeness (QED) is 0.677. The van der Waals surface area contributed by atoms with Crippen molar-refractivity contribution in [2.75, 3.05) is 6.61 Å². The van der Waals surface area contributed by atoms with Gasteiger partial charge in [0, 0.05) is 0 Å². The average Bonchev–Trinajstić information content (AvgIpc) is 2.32. The summed E-state index contributed by atoms with van der Waals surface area (Å²) in [5.74, 6) is 0.493. The minimum absolute atomic E-state index is 0.0222. The Labute approximate surface area is 111 Å².